The average molecular weight is 260 g/mol. The molecule has 1 aromatic carbocycles. The van der Waals surface area contributed by atoms with E-state index in [-0.39, 0.29) is 5.69 Å². The lowest BCUT2D eigenvalue weighted by Gasteiger charge is -2.13. The molecule has 7 nitrogen and oxygen atoms in total. The Kier molecular flexibility index (Phi) is 2.86. The van der Waals surface area contributed by atoms with Crippen LogP contribution in [0.15, 0.2) is 24.3 Å². The van der Waals surface area contributed by atoms with Gasteiger partial charge in [0.15, 0.2) is 0 Å². The maximum Gasteiger partial charge on any atom is 0.200 e. The standard InChI is InChI=1S/C12H12N4O3/c17-5-8(18)11(19)9-10-12(16-15-9)14-7-4-2-1-3-6(7)13-10/h1-4,8,11,17-19H,5H2,(H,14,15,16). The van der Waals surface area contributed by atoms with Gasteiger partial charge >= 0.3 is 0 Å². The van der Waals surface area contributed by atoms with Gasteiger partial charge in [0.1, 0.15) is 17.7 Å². The van der Waals surface area contributed by atoms with Crippen LogP contribution in [-0.4, -0.2) is 48.2 Å². The molecule has 98 valence electrons. The number of aliphatic hydroxyl groups excluding tert-OH is 3. The van der Waals surface area contributed by atoms with Crippen molar-refractivity contribution < 1.29 is 15.3 Å². The molecule has 0 radical (unpaired) electrons. The highest BCUT2D eigenvalue weighted by atomic mass is 16.4. The molecule has 3 rings (SSSR count). The molecule has 0 aliphatic heterocycles. The number of hydrogen-bond acceptors (Lipinski definition) is 6. The fraction of sp³-hybridized carbons (Fsp3) is 0.250. The smallest absolute Gasteiger partial charge is 0.200 e. The van der Waals surface area contributed by atoms with Crippen molar-refractivity contribution in [1.29, 1.82) is 0 Å². The number of aromatic amines is 1. The lowest BCUT2D eigenvalue weighted by Crippen LogP contribution is -2.22. The molecule has 3 aromatic rings. The van der Waals surface area contributed by atoms with E-state index in [9.17, 15) is 10.2 Å². The number of H-pyrrole nitrogens is 1. The van der Waals surface area contributed by atoms with Crippen LogP contribution in [-0.2, 0) is 0 Å². The Morgan fingerprint density at radius 3 is 2.47 bits per heavy atom. The van der Waals surface area contributed by atoms with Gasteiger partial charge in [-0.3, -0.25) is 5.10 Å². The molecule has 0 fully saturated rings. The van der Waals surface area contributed by atoms with Crippen molar-refractivity contribution in [3.05, 3.63) is 30.0 Å². The third kappa shape index (κ3) is 1.93. The molecular formula is C12H12N4O3. The largest absolute Gasteiger partial charge is 0.394 e. The highest BCUT2D eigenvalue weighted by Crippen LogP contribution is 2.23. The molecular weight excluding hydrogens is 248 g/mol. The van der Waals surface area contributed by atoms with E-state index >= 15 is 0 Å². The highest BCUT2D eigenvalue weighted by Gasteiger charge is 2.23. The summed E-state index contributed by atoms with van der Waals surface area (Å²) in [7, 11) is 0. The summed E-state index contributed by atoms with van der Waals surface area (Å²) in [4.78, 5) is 8.67. The molecule has 2 unspecified atom stereocenters. The number of nitrogens with zero attached hydrogens (tertiary/aromatic N) is 3. The Labute approximate surface area is 107 Å². The van der Waals surface area contributed by atoms with Crippen LogP contribution in [0.25, 0.3) is 22.2 Å². The summed E-state index contributed by atoms with van der Waals surface area (Å²) in [6, 6.07) is 7.30. The Hall–Kier alpha value is -2.09. The maximum absolute atomic E-state index is 9.90. The topological polar surface area (TPSA) is 115 Å². The summed E-state index contributed by atoms with van der Waals surface area (Å²) < 4.78 is 0. The molecule has 2 aromatic heterocycles. The summed E-state index contributed by atoms with van der Waals surface area (Å²) in [6.45, 7) is -0.553. The molecule has 0 bridgehead atoms. The van der Waals surface area contributed by atoms with E-state index in [4.69, 9.17) is 5.11 Å². The zero-order valence-corrected chi connectivity index (χ0v) is 9.85. The van der Waals surface area contributed by atoms with E-state index in [1.54, 1.807) is 6.07 Å². The summed E-state index contributed by atoms with van der Waals surface area (Å²) in [6.07, 6.45) is -2.58. The highest BCUT2D eigenvalue weighted by molar-refractivity contribution is 5.85. The third-order valence-corrected chi connectivity index (χ3v) is 2.94. The second kappa shape index (κ2) is 4.54. The van der Waals surface area contributed by atoms with Crippen molar-refractivity contribution in [2.45, 2.75) is 12.2 Å². The number of para-hydroxylation sites is 2. The van der Waals surface area contributed by atoms with Crippen molar-refractivity contribution in [3.63, 3.8) is 0 Å². The summed E-state index contributed by atoms with van der Waals surface area (Å²) >= 11 is 0. The molecule has 19 heavy (non-hydrogen) atoms. The van der Waals surface area contributed by atoms with Crippen LogP contribution < -0.4 is 0 Å². The second-order valence-electron chi connectivity index (χ2n) is 4.22. The van der Waals surface area contributed by atoms with Crippen LogP contribution in [0.3, 0.4) is 0 Å². The number of aromatic nitrogens is 4. The van der Waals surface area contributed by atoms with Crippen LogP contribution in [0, 0.1) is 0 Å². The summed E-state index contributed by atoms with van der Waals surface area (Å²) in [5, 5.41) is 34.8. The van der Waals surface area contributed by atoms with E-state index in [2.05, 4.69) is 20.2 Å². The van der Waals surface area contributed by atoms with E-state index in [0.717, 1.165) is 0 Å². The van der Waals surface area contributed by atoms with Crippen molar-refractivity contribution in [1.82, 2.24) is 20.2 Å². The first-order chi connectivity index (χ1) is 9.20. The SMILES string of the molecule is OCC(O)C(O)c1[nH]nc2nc3ccccc3nc12. The van der Waals surface area contributed by atoms with Crippen LogP contribution >= 0.6 is 0 Å². The number of rotatable bonds is 3. The number of hydrogen-bond donors (Lipinski definition) is 4. The molecule has 7 heteroatoms. The molecule has 2 heterocycles. The van der Waals surface area contributed by atoms with Gasteiger partial charge < -0.3 is 15.3 Å². The molecule has 4 N–H and O–H groups in total. The van der Waals surface area contributed by atoms with Crippen molar-refractivity contribution in [2.24, 2.45) is 0 Å². The van der Waals surface area contributed by atoms with Gasteiger partial charge in [0.05, 0.1) is 23.3 Å². The minimum atomic E-state index is -1.29. The predicted molar refractivity (Wildman–Crippen MR) is 67.2 cm³/mol. The number of nitrogens with one attached hydrogen (secondary N) is 1. The van der Waals surface area contributed by atoms with E-state index in [0.29, 0.717) is 22.2 Å². The fourth-order valence-corrected chi connectivity index (χ4v) is 1.91. The molecule has 2 atom stereocenters. The first-order valence-electron chi connectivity index (χ1n) is 5.78. The average Bonchev–Trinajstić information content (AvgIpc) is 2.85. The minimum absolute atomic E-state index is 0.245. The minimum Gasteiger partial charge on any atom is -0.394 e. The third-order valence-electron chi connectivity index (χ3n) is 2.94. The Balaban J connectivity index is 2.19. The normalized spacial score (nSPS) is 14.9. The molecule has 0 saturated carbocycles. The zero-order chi connectivity index (χ0) is 13.4. The maximum atomic E-state index is 9.90. The summed E-state index contributed by atoms with van der Waals surface area (Å²) in [5.41, 5.74) is 2.36. The van der Waals surface area contributed by atoms with E-state index in [1.807, 2.05) is 18.2 Å². The Bertz CT molecular complexity index is 727. The zero-order valence-electron chi connectivity index (χ0n) is 9.85. The van der Waals surface area contributed by atoms with E-state index < -0.39 is 18.8 Å². The lowest BCUT2D eigenvalue weighted by molar-refractivity contribution is -0.0167. The fourth-order valence-electron chi connectivity index (χ4n) is 1.91. The van der Waals surface area contributed by atoms with Gasteiger partial charge in [-0.05, 0) is 12.1 Å². The number of aliphatic hydroxyl groups is 3. The van der Waals surface area contributed by atoms with Crippen LogP contribution in [0.1, 0.15) is 11.8 Å². The van der Waals surface area contributed by atoms with Gasteiger partial charge in [0.25, 0.3) is 0 Å². The van der Waals surface area contributed by atoms with Crippen molar-refractivity contribution >= 4 is 22.2 Å². The van der Waals surface area contributed by atoms with Crippen LogP contribution in [0.2, 0.25) is 0 Å². The van der Waals surface area contributed by atoms with Crippen molar-refractivity contribution in [3.8, 4) is 0 Å². The van der Waals surface area contributed by atoms with Gasteiger partial charge in [-0.1, -0.05) is 12.1 Å². The van der Waals surface area contributed by atoms with Gasteiger partial charge in [0.2, 0.25) is 5.65 Å². The molecule has 0 aliphatic rings. The van der Waals surface area contributed by atoms with Gasteiger partial charge in [-0.2, -0.15) is 5.10 Å². The molecule has 0 saturated heterocycles. The Morgan fingerprint density at radius 2 is 1.79 bits per heavy atom. The first-order valence-corrected chi connectivity index (χ1v) is 5.78. The monoisotopic (exact) mass is 260 g/mol. The van der Waals surface area contributed by atoms with E-state index in [1.165, 1.54) is 0 Å². The van der Waals surface area contributed by atoms with Gasteiger partial charge in [-0.15, -0.1) is 0 Å². The number of fused-ring (bicyclic) bond motifs is 2. The quantitative estimate of drug-likeness (QED) is 0.522. The second-order valence-corrected chi connectivity index (χ2v) is 4.22. The van der Waals surface area contributed by atoms with Crippen LogP contribution in [0.4, 0.5) is 0 Å². The first kappa shape index (κ1) is 12.0. The number of benzene rings is 1. The van der Waals surface area contributed by atoms with Gasteiger partial charge in [0, 0.05) is 0 Å². The molecule has 0 amide bonds. The summed E-state index contributed by atoms with van der Waals surface area (Å²) in [5.74, 6) is 0. The lowest BCUT2D eigenvalue weighted by atomic mass is 10.1. The van der Waals surface area contributed by atoms with Gasteiger partial charge in [-0.25, -0.2) is 9.97 Å². The Morgan fingerprint density at radius 1 is 1.11 bits per heavy atom. The molecule has 0 aliphatic carbocycles. The van der Waals surface area contributed by atoms with Crippen LogP contribution in [0.5, 0.6) is 0 Å². The van der Waals surface area contributed by atoms with Crippen molar-refractivity contribution in [2.75, 3.05) is 6.61 Å². The predicted octanol–water partition coefficient (Wildman–Crippen LogP) is -0.107. The molecule has 0 spiro atoms.